The summed E-state index contributed by atoms with van der Waals surface area (Å²) >= 11 is 0. The van der Waals surface area contributed by atoms with E-state index in [4.69, 9.17) is 4.74 Å². The summed E-state index contributed by atoms with van der Waals surface area (Å²) in [7, 11) is 1.67. The van der Waals surface area contributed by atoms with Gasteiger partial charge in [-0.1, -0.05) is 0 Å². The molecule has 0 aliphatic carbocycles. The van der Waals surface area contributed by atoms with Gasteiger partial charge in [-0.2, -0.15) is 10.2 Å². The molecule has 0 unspecified atom stereocenters. The number of H-pyrrole nitrogens is 2. The molecule has 130 valence electrons. The largest absolute Gasteiger partial charge is 0.380 e. The maximum Gasteiger partial charge on any atom is 0.256 e. The van der Waals surface area contributed by atoms with Gasteiger partial charge in [0, 0.05) is 25.5 Å². The monoisotopic (exact) mass is 340 g/mol. The quantitative estimate of drug-likeness (QED) is 0.758. The fourth-order valence-electron chi connectivity index (χ4n) is 3.48. The Balaban J connectivity index is 1.75. The van der Waals surface area contributed by atoms with E-state index in [2.05, 4.69) is 25.4 Å². The molecule has 3 heterocycles. The smallest absolute Gasteiger partial charge is 0.256 e. The molecular formula is C17H20N6O2. The van der Waals surface area contributed by atoms with Gasteiger partial charge in [-0.25, -0.2) is 4.98 Å². The number of fused-ring (bicyclic) bond motifs is 1. The Kier molecular flexibility index (Phi) is 3.76. The summed E-state index contributed by atoms with van der Waals surface area (Å²) in [5.74, 6) is 1.29. The molecule has 1 saturated heterocycles. The van der Waals surface area contributed by atoms with Crippen LogP contribution in [0.1, 0.15) is 40.0 Å². The molecule has 0 spiro atoms. The minimum Gasteiger partial charge on any atom is -0.380 e. The van der Waals surface area contributed by atoms with Crippen molar-refractivity contribution in [2.45, 2.75) is 32.4 Å². The van der Waals surface area contributed by atoms with Crippen molar-refractivity contribution in [3.8, 4) is 0 Å². The van der Waals surface area contributed by atoms with E-state index in [1.807, 2.05) is 26.0 Å². The molecule has 1 fully saturated rings. The molecule has 4 rings (SSSR count). The molecule has 3 aromatic rings. The first-order valence-corrected chi connectivity index (χ1v) is 8.23. The average Bonchev–Trinajstić information content (AvgIpc) is 3.31. The summed E-state index contributed by atoms with van der Waals surface area (Å²) in [5, 5.41) is 15.1. The van der Waals surface area contributed by atoms with Gasteiger partial charge in [0.1, 0.15) is 5.82 Å². The first kappa shape index (κ1) is 15.8. The fourth-order valence-corrected chi connectivity index (χ4v) is 3.48. The van der Waals surface area contributed by atoms with Crippen molar-refractivity contribution in [3.05, 3.63) is 41.1 Å². The van der Waals surface area contributed by atoms with E-state index in [9.17, 15) is 4.79 Å². The van der Waals surface area contributed by atoms with Crippen LogP contribution in [0.3, 0.4) is 0 Å². The molecule has 2 N–H and O–H groups in total. The second-order valence-corrected chi connectivity index (χ2v) is 6.49. The van der Waals surface area contributed by atoms with E-state index in [0.717, 1.165) is 22.3 Å². The van der Waals surface area contributed by atoms with Crippen LogP contribution in [0.5, 0.6) is 0 Å². The van der Waals surface area contributed by atoms with Crippen LogP contribution in [0, 0.1) is 13.8 Å². The summed E-state index contributed by atoms with van der Waals surface area (Å²) in [4.78, 5) is 19.5. The number of hydrogen-bond acceptors (Lipinski definition) is 5. The first-order chi connectivity index (χ1) is 12.1. The molecule has 1 aliphatic rings. The molecule has 1 aromatic carbocycles. The lowest BCUT2D eigenvalue weighted by atomic mass is 10.1. The van der Waals surface area contributed by atoms with E-state index in [-0.39, 0.29) is 18.1 Å². The Hall–Kier alpha value is -2.74. The van der Waals surface area contributed by atoms with Gasteiger partial charge in [0.05, 0.1) is 29.4 Å². The third kappa shape index (κ3) is 2.68. The second kappa shape index (κ2) is 5.96. The van der Waals surface area contributed by atoms with Crippen LogP contribution in [0.15, 0.2) is 18.3 Å². The maximum atomic E-state index is 13.3. The van der Waals surface area contributed by atoms with Crippen molar-refractivity contribution in [1.29, 1.82) is 0 Å². The Morgan fingerprint density at radius 1 is 1.32 bits per heavy atom. The number of nitrogens with one attached hydrogen (secondary N) is 2. The Labute approximate surface area is 144 Å². The summed E-state index contributed by atoms with van der Waals surface area (Å²) in [6.07, 6.45) is 2.38. The Morgan fingerprint density at radius 3 is 2.88 bits per heavy atom. The summed E-state index contributed by atoms with van der Waals surface area (Å²) < 4.78 is 5.50. The number of ether oxygens (including phenoxy) is 1. The van der Waals surface area contributed by atoms with E-state index in [1.165, 1.54) is 0 Å². The summed E-state index contributed by atoms with van der Waals surface area (Å²) in [6.45, 7) is 4.33. The fraction of sp³-hybridized carbons (Fsp3) is 0.412. The van der Waals surface area contributed by atoms with Gasteiger partial charge in [-0.3, -0.25) is 15.0 Å². The van der Waals surface area contributed by atoms with Gasteiger partial charge >= 0.3 is 0 Å². The lowest BCUT2D eigenvalue weighted by Gasteiger charge is -2.22. The highest BCUT2D eigenvalue weighted by Gasteiger charge is 2.39. The Morgan fingerprint density at radius 2 is 2.16 bits per heavy atom. The number of nitrogens with zero attached hydrogens (tertiary/aromatic N) is 4. The highest BCUT2D eigenvalue weighted by atomic mass is 16.5. The second-order valence-electron chi connectivity index (χ2n) is 6.49. The number of aryl methyl sites for hydroxylation is 2. The number of amides is 1. The van der Waals surface area contributed by atoms with Crippen LogP contribution in [-0.2, 0) is 4.74 Å². The lowest BCUT2D eigenvalue weighted by Crippen LogP contribution is -2.32. The zero-order valence-electron chi connectivity index (χ0n) is 14.4. The summed E-state index contributed by atoms with van der Waals surface area (Å²) in [6, 6.07) is 3.69. The van der Waals surface area contributed by atoms with Crippen LogP contribution in [0.4, 0.5) is 0 Å². The molecule has 0 radical (unpaired) electrons. The van der Waals surface area contributed by atoms with Crippen LogP contribution in [0.2, 0.25) is 0 Å². The molecule has 25 heavy (non-hydrogen) atoms. The minimum absolute atomic E-state index is 0.0326. The van der Waals surface area contributed by atoms with E-state index < -0.39 is 0 Å². The van der Waals surface area contributed by atoms with E-state index >= 15 is 0 Å². The molecule has 2 aromatic heterocycles. The van der Waals surface area contributed by atoms with Gasteiger partial charge in [0.25, 0.3) is 5.91 Å². The molecule has 0 bridgehead atoms. The van der Waals surface area contributed by atoms with Crippen LogP contribution in [0.25, 0.3) is 10.9 Å². The van der Waals surface area contributed by atoms with Crippen LogP contribution < -0.4 is 0 Å². The SMILES string of the molecule is CO[C@@H]1C[C@@H](c2n[nH]c(C)n2)N(C(=O)c2cc(C)cc3cn[nH]c23)C1. The number of aromatic amines is 2. The zero-order chi connectivity index (χ0) is 17.6. The first-order valence-electron chi connectivity index (χ1n) is 8.23. The number of aromatic nitrogens is 5. The van der Waals surface area contributed by atoms with Crippen molar-refractivity contribution in [2.24, 2.45) is 0 Å². The average molecular weight is 340 g/mol. The molecule has 8 nitrogen and oxygen atoms in total. The zero-order valence-corrected chi connectivity index (χ0v) is 14.4. The minimum atomic E-state index is -0.208. The van der Waals surface area contributed by atoms with Crippen molar-refractivity contribution in [2.75, 3.05) is 13.7 Å². The van der Waals surface area contributed by atoms with Crippen molar-refractivity contribution in [1.82, 2.24) is 30.3 Å². The molecular weight excluding hydrogens is 320 g/mol. The number of likely N-dealkylation sites (tertiary alicyclic amines) is 1. The standard InChI is InChI=1S/C17H20N6O2/c1-9-4-11-7-18-21-15(11)13(5-9)17(24)23-8-12(25-3)6-14(23)16-19-10(2)20-22-16/h4-5,7,12,14H,6,8H2,1-3H3,(H,18,21)(H,19,20,22)/t12-,14+/m1/s1. The van der Waals surface area contributed by atoms with Gasteiger partial charge in [-0.05, 0) is 31.5 Å². The number of carbonyl (C=O) groups excluding carboxylic acids is 1. The predicted octanol–water partition coefficient (Wildman–Crippen LogP) is 1.90. The summed E-state index contributed by atoms with van der Waals surface area (Å²) in [5.41, 5.74) is 2.38. The predicted molar refractivity (Wildman–Crippen MR) is 91.1 cm³/mol. The van der Waals surface area contributed by atoms with Crippen molar-refractivity contribution < 1.29 is 9.53 Å². The van der Waals surface area contributed by atoms with E-state index in [0.29, 0.717) is 24.4 Å². The van der Waals surface area contributed by atoms with Gasteiger partial charge in [0.2, 0.25) is 0 Å². The molecule has 8 heteroatoms. The Bertz CT molecular complexity index is 930. The van der Waals surface area contributed by atoms with Crippen molar-refractivity contribution >= 4 is 16.8 Å². The maximum absolute atomic E-state index is 13.3. The third-order valence-corrected chi connectivity index (χ3v) is 4.69. The number of methoxy groups -OCH3 is 1. The van der Waals surface area contributed by atoms with E-state index in [1.54, 1.807) is 18.2 Å². The van der Waals surface area contributed by atoms with Crippen LogP contribution in [-0.4, -0.2) is 55.9 Å². The number of rotatable bonds is 3. The molecule has 1 aliphatic heterocycles. The third-order valence-electron chi connectivity index (χ3n) is 4.69. The molecule has 2 atom stereocenters. The van der Waals surface area contributed by atoms with Crippen molar-refractivity contribution in [3.63, 3.8) is 0 Å². The number of hydrogen-bond donors (Lipinski definition) is 2. The molecule has 1 amide bonds. The van der Waals surface area contributed by atoms with Crippen LogP contribution >= 0.6 is 0 Å². The van der Waals surface area contributed by atoms with Gasteiger partial charge in [0.15, 0.2) is 5.82 Å². The number of carbonyl (C=O) groups is 1. The lowest BCUT2D eigenvalue weighted by molar-refractivity contribution is 0.0686. The number of benzene rings is 1. The normalized spacial score (nSPS) is 20.5. The highest BCUT2D eigenvalue weighted by molar-refractivity contribution is 6.06. The molecule has 0 saturated carbocycles. The highest BCUT2D eigenvalue weighted by Crippen LogP contribution is 2.34. The van der Waals surface area contributed by atoms with Gasteiger partial charge in [-0.15, -0.1) is 0 Å². The van der Waals surface area contributed by atoms with Gasteiger partial charge < -0.3 is 9.64 Å². The topological polar surface area (TPSA) is 99.8 Å².